The van der Waals surface area contributed by atoms with Gasteiger partial charge < -0.3 is 9.80 Å². The lowest BCUT2D eigenvalue weighted by Gasteiger charge is -2.30. The van der Waals surface area contributed by atoms with Gasteiger partial charge in [0.25, 0.3) is 0 Å². The Kier molecular flexibility index (Phi) is 4.23. The molecule has 0 bridgehead atoms. The van der Waals surface area contributed by atoms with Crippen molar-refractivity contribution >= 4 is 17.4 Å². The lowest BCUT2D eigenvalue weighted by Crippen LogP contribution is -2.44. The first-order valence-electron chi connectivity index (χ1n) is 7.86. The standard InChI is InChI=1S/C17H22N2O2/c20-15-8-11-18(12-9-15)17(21)13-19-10-4-3-6-14-5-1-2-7-16(14)19/h1-2,5,7H,3-4,6,8-13H2. The summed E-state index contributed by atoms with van der Waals surface area (Å²) in [6.07, 6.45) is 4.43. The summed E-state index contributed by atoms with van der Waals surface area (Å²) >= 11 is 0. The van der Waals surface area contributed by atoms with Crippen LogP contribution in [-0.4, -0.2) is 42.8 Å². The number of aryl methyl sites for hydroxylation is 1. The summed E-state index contributed by atoms with van der Waals surface area (Å²) in [4.78, 5) is 27.8. The maximum atomic E-state index is 12.5. The van der Waals surface area contributed by atoms with E-state index in [0.717, 1.165) is 19.4 Å². The van der Waals surface area contributed by atoms with Crippen LogP contribution in [0.25, 0.3) is 0 Å². The fourth-order valence-corrected chi connectivity index (χ4v) is 3.20. The molecule has 0 spiro atoms. The molecule has 0 aliphatic carbocycles. The highest BCUT2D eigenvalue weighted by molar-refractivity contribution is 5.85. The van der Waals surface area contributed by atoms with Crippen molar-refractivity contribution in [3.63, 3.8) is 0 Å². The number of hydrogen-bond acceptors (Lipinski definition) is 3. The van der Waals surface area contributed by atoms with Gasteiger partial charge in [0, 0.05) is 38.2 Å². The molecule has 0 atom stereocenters. The predicted molar refractivity (Wildman–Crippen MR) is 82.4 cm³/mol. The number of rotatable bonds is 2. The average molecular weight is 286 g/mol. The largest absolute Gasteiger partial charge is 0.362 e. The normalized spacial score (nSPS) is 19.1. The van der Waals surface area contributed by atoms with Gasteiger partial charge in [-0.3, -0.25) is 9.59 Å². The molecule has 0 unspecified atom stereocenters. The van der Waals surface area contributed by atoms with E-state index in [1.54, 1.807) is 0 Å². The second-order valence-corrected chi connectivity index (χ2v) is 5.93. The van der Waals surface area contributed by atoms with Crippen molar-refractivity contribution in [3.05, 3.63) is 29.8 Å². The van der Waals surface area contributed by atoms with Crippen LogP contribution in [-0.2, 0) is 16.0 Å². The highest BCUT2D eigenvalue weighted by atomic mass is 16.2. The molecule has 0 N–H and O–H groups in total. The fourth-order valence-electron chi connectivity index (χ4n) is 3.20. The van der Waals surface area contributed by atoms with E-state index in [9.17, 15) is 9.59 Å². The third-order valence-electron chi connectivity index (χ3n) is 4.46. The molecule has 1 amide bonds. The first-order chi connectivity index (χ1) is 10.2. The number of para-hydroxylation sites is 1. The Hall–Kier alpha value is -1.84. The van der Waals surface area contributed by atoms with Crippen molar-refractivity contribution < 1.29 is 9.59 Å². The van der Waals surface area contributed by atoms with Crippen LogP contribution >= 0.6 is 0 Å². The number of fused-ring (bicyclic) bond motifs is 1. The average Bonchev–Trinajstić information content (AvgIpc) is 2.71. The minimum absolute atomic E-state index is 0.152. The van der Waals surface area contributed by atoms with Gasteiger partial charge in [0.15, 0.2) is 0 Å². The molecule has 2 heterocycles. The number of carbonyl (C=O) groups excluding carboxylic acids is 2. The molecule has 2 aliphatic rings. The van der Waals surface area contributed by atoms with E-state index >= 15 is 0 Å². The monoisotopic (exact) mass is 286 g/mol. The van der Waals surface area contributed by atoms with Crippen LogP contribution in [0.15, 0.2) is 24.3 Å². The number of hydrogen-bond donors (Lipinski definition) is 0. The zero-order chi connectivity index (χ0) is 14.7. The Labute approximate surface area is 125 Å². The summed E-state index contributed by atoms with van der Waals surface area (Å²) in [5, 5.41) is 0. The summed E-state index contributed by atoms with van der Waals surface area (Å²) in [7, 11) is 0. The van der Waals surface area contributed by atoms with E-state index in [0.29, 0.717) is 32.5 Å². The molecule has 21 heavy (non-hydrogen) atoms. The number of piperidine rings is 1. The summed E-state index contributed by atoms with van der Waals surface area (Å²) in [6.45, 7) is 2.56. The number of amides is 1. The number of benzene rings is 1. The quantitative estimate of drug-likeness (QED) is 0.835. The van der Waals surface area contributed by atoms with Crippen molar-refractivity contribution in [1.29, 1.82) is 0 Å². The third-order valence-corrected chi connectivity index (χ3v) is 4.46. The molecule has 1 aromatic rings. The molecule has 4 heteroatoms. The predicted octanol–water partition coefficient (Wildman–Crippen LogP) is 2.02. The molecule has 0 aromatic heterocycles. The van der Waals surface area contributed by atoms with Crippen LogP contribution in [0.4, 0.5) is 5.69 Å². The van der Waals surface area contributed by atoms with Crippen LogP contribution in [0.5, 0.6) is 0 Å². The number of likely N-dealkylation sites (tertiary alicyclic amines) is 1. The molecule has 4 nitrogen and oxygen atoms in total. The van der Waals surface area contributed by atoms with Crippen LogP contribution in [0, 0.1) is 0 Å². The maximum Gasteiger partial charge on any atom is 0.242 e. The van der Waals surface area contributed by atoms with Crippen LogP contribution in [0.2, 0.25) is 0 Å². The van der Waals surface area contributed by atoms with E-state index in [1.807, 2.05) is 11.0 Å². The minimum Gasteiger partial charge on any atom is -0.362 e. The molecule has 1 saturated heterocycles. The van der Waals surface area contributed by atoms with Crippen molar-refractivity contribution in [1.82, 2.24) is 4.90 Å². The number of nitrogens with zero attached hydrogens (tertiary/aromatic N) is 2. The van der Waals surface area contributed by atoms with Crippen molar-refractivity contribution in [2.24, 2.45) is 0 Å². The molecule has 0 radical (unpaired) electrons. The third kappa shape index (κ3) is 3.26. The first kappa shape index (κ1) is 14.1. The molecule has 112 valence electrons. The smallest absolute Gasteiger partial charge is 0.242 e. The fraction of sp³-hybridized carbons (Fsp3) is 0.529. The SMILES string of the molecule is O=C1CCN(C(=O)CN2CCCCc3ccccc32)CC1. The van der Waals surface area contributed by atoms with Gasteiger partial charge in [0.05, 0.1) is 6.54 Å². The van der Waals surface area contributed by atoms with Gasteiger partial charge in [0.2, 0.25) is 5.91 Å². The number of carbonyl (C=O) groups is 2. The van der Waals surface area contributed by atoms with Crippen LogP contribution in [0.1, 0.15) is 31.2 Å². The summed E-state index contributed by atoms with van der Waals surface area (Å²) in [5.74, 6) is 0.429. The van der Waals surface area contributed by atoms with Crippen molar-refractivity contribution in [3.8, 4) is 0 Å². The molecule has 3 rings (SSSR count). The first-order valence-corrected chi connectivity index (χ1v) is 7.86. The summed E-state index contributed by atoms with van der Waals surface area (Å²) in [6, 6.07) is 8.40. The van der Waals surface area contributed by atoms with E-state index in [4.69, 9.17) is 0 Å². The highest BCUT2D eigenvalue weighted by Crippen LogP contribution is 2.26. The molecule has 1 aromatic carbocycles. The van der Waals surface area contributed by atoms with E-state index in [1.165, 1.54) is 17.7 Å². The van der Waals surface area contributed by atoms with Gasteiger partial charge in [0.1, 0.15) is 5.78 Å². The Morgan fingerprint density at radius 2 is 1.76 bits per heavy atom. The Morgan fingerprint density at radius 1 is 1.00 bits per heavy atom. The van der Waals surface area contributed by atoms with E-state index in [-0.39, 0.29) is 11.7 Å². The number of anilines is 1. The Bertz CT molecular complexity index is 531. The summed E-state index contributed by atoms with van der Waals surface area (Å²) in [5.41, 5.74) is 2.55. The Morgan fingerprint density at radius 3 is 2.57 bits per heavy atom. The lowest BCUT2D eigenvalue weighted by molar-refractivity contribution is -0.133. The van der Waals surface area contributed by atoms with Gasteiger partial charge in [-0.1, -0.05) is 18.2 Å². The lowest BCUT2D eigenvalue weighted by atomic mass is 10.1. The topological polar surface area (TPSA) is 40.6 Å². The van der Waals surface area contributed by atoms with E-state index < -0.39 is 0 Å². The van der Waals surface area contributed by atoms with Crippen LogP contribution < -0.4 is 4.90 Å². The Balaban J connectivity index is 1.69. The van der Waals surface area contributed by atoms with Crippen molar-refractivity contribution in [2.45, 2.75) is 32.1 Å². The van der Waals surface area contributed by atoms with Crippen LogP contribution in [0.3, 0.4) is 0 Å². The second kappa shape index (κ2) is 6.29. The molecular formula is C17H22N2O2. The van der Waals surface area contributed by atoms with E-state index in [2.05, 4.69) is 23.1 Å². The molecule has 1 fully saturated rings. The molecule has 0 saturated carbocycles. The minimum atomic E-state index is 0.152. The zero-order valence-electron chi connectivity index (χ0n) is 12.4. The number of Topliss-reactive ketones (excluding diaryl/α,β-unsaturated/α-hetero) is 1. The van der Waals surface area contributed by atoms with Gasteiger partial charge in [-0.25, -0.2) is 0 Å². The molecular weight excluding hydrogens is 264 g/mol. The second-order valence-electron chi connectivity index (χ2n) is 5.93. The molecule has 2 aliphatic heterocycles. The van der Waals surface area contributed by atoms with Gasteiger partial charge in [-0.05, 0) is 30.9 Å². The highest BCUT2D eigenvalue weighted by Gasteiger charge is 2.24. The van der Waals surface area contributed by atoms with Gasteiger partial charge >= 0.3 is 0 Å². The summed E-state index contributed by atoms with van der Waals surface area (Å²) < 4.78 is 0. The number of ketones is 1. The van der Waals surface area contributed by atoms with Gasteiger partial charge in [-0.15, -0.1) is 0 Å². The zero-order valence-corrected chi connectivity index (χ0v) is 12.4. The maximum absolute atomic E-state index is 12.5. The van der Waals surface area contributed by atoms with Crippen molar-refractivity contribution in [2.75, 3.05) is 31.1 Å². The van der Waals surface area contributed by atoms with Gasteiger partial charge in [-0.2, -0.15) is 0 Å².